The fraction of sp³-hybridized carbons (Fsp3) is 0.529. The zero-order valence-corrected chi connectivity index (χ0v) is 13.1. The first-order valence-electron chi connectivity index (χ1n) is 7.90. The molecule has 1 aromatic rings. The van der Waals surface area contributed by atoms with Gasteiger partial charge < -0.3 is 15.4 Å². The average Bonchev–Trinajstić information content (AvgIpc) is 2.55. The van der Waals surface area contributed by atoms with Crippen molar-refractivity contribution in [3.05, 3.63) is 29.8 Å². The first kappa shape index (κ1) is 16.3. The summed E-state index contributed by atoms with van der Waals surface area (Å²) in [4.78, 5) is 23.2. The van der Waals surface area contributed by atoms with Crippen molar-refractivity contribution < 1.29 is 14.3 Å². The summed E-state index contributed by atoms with van der Waals surface area (Å²) < 4.78 is 4.65. The molecule has 0 unspecified atom stereocenters. The fourth-order valence-corrected chi connectivity index (χ4v) is 2.71. The van der Waals surface area contributed by atoms with Gasteiger partial charge in [0.25, 0.3) is 0 Å². The standard InChI is InChI=1S/C17H24N2O3/c1-22-17(21)13-7-9-14(10-8-13)18-12-11-16(20)19-15-5-3-2-4-6-15/h7-10,15,18H,2-6,11-12H2,1H3,(H,19,20). The zero-order valence-electron chi connectivity index (χ0n) is 13.1. The molecule has 1 saturated carbocycles. The van der Waals surface area contributed by atoms with Gasteiger partial charge in [-0.25, -0.2) is 4.79 Å². The molecular weight excluding hydrogens is 280 g/mol. The van der Waals surface area contributed by atoms with Gasteiger partial charge in [0, 0.05) is 24.7 Å². The maximum atomic E-state index is 11.9. The highest BCUT2D eigenvalue weighted by molar-refractivity contribution is 5.89. The van der Waals surface area contributed by atoms with Crippen LogP contribution in [-0.2, 0) is 9.53 Å². The lowest BCUT2D eigenvalue weighted by atomic mass is 9.95. The largest absolute Gasteiger partial charge is 0.465 e. The molecule has 2 rings (SSSR count). The van der Waals surface area contributed by atoms with Crippen molar-refractivity contribution in [3.63, 3.8) is 0 Å². The first-order chi connectivity index (χ1) is 10.7. The molecule has 0 saturated heterocycles. The van der Waals surface area contributed by atoms with E-state index in [1.807, 2.05) is 12.1 Å². The van der Waals surface area contributed by atoms with Gasteiger partial charge in [-0.05, 0) is 37.1 Å². The molecule has 1 aliphatic rings. The molecule has 120 valence electrons. The molecule has 1 aliphatic carbocycles. The van der Waals surface area contributed by atoms with E-state index < -0.39 is 0 Å². The highest BCUT2D eigenvalue weighted by Gasteiger charge is 2.15. The van der Waals surface area contributed by atoms with Crippen LogP contribution in [0.15, 0.2) is 24.3 Å². The predicted molar refractivity (Wildman–Crippen MR) is 85.9 cm³/mol. The Morgan fingerprint density at radius 3 is 2.45 bits per heavy atom. The topological polar surface area (TPSA) is 67.4 Å². The van der Waals surface area contributed by atoms with E-state index >= 15 is 0 Å². The van der Waals surface area contributed by atoms with E-state index in [1.54, 1.807) is 12.1 Å². The normalized spacial score (nSPS) is 15.1. The number of nitrogens with one attached hydrogen (secondary N) is 2. The van der Waals surface area contributed by atoms with E-state index in [4.69, 9.17) is 0 Å². The van der Waals surface area contributed by atoms with Gasteiger partial charge in [-0.15, -0.1) is 0 Å². The minimum Gasteiger partial charge on any atom is -0.465 e. The number of rotatable bonds is 6. The first-order valence-corrected chi connectivity index (χ1v) is 7.90. The number of esters is 1. The number of ether oxygens (including phenoxy) is 1. The lowest BCUT2D eigenvalue weighted by molar-refractivity contribution is -0.121. The third-order valence-corrected chi connectivity index (χ3v) is 3.96. The summed E-state index contributed by atoms with van der Waals surface area (Å²) in [5.74, 6) is -0.246. The van der Waals surface area contributed by atoms with E-state index in [0.717, 1.165) is 18.5 Å². The van der Waals surface area contributed by atoms with Crippen LogP contribution in [0.5, 0.6) is 0 Å². The number of benzene rings is 1. The highest BCUT2D eigenvalue weighted by atomic mass is 16.5. The summed E-state index contributed by atoms with van der Waals surface area (Å²) in [6.45, 7) is 0.579. The summed E-state index contributed by atoms with van der Waals surface area (Å²) in [5.41, 5.74) is 1.40. The van der Waals surface area contributed by atoms with Gasteiger partial charge in [0.15, 0.2) is 0 Å². The molecule has 0 heterocycles. The van der Waals surface area contributed by atoms with Crippen LogP contribution >= 0.6 is 0 Å². The predicted octanol–water partition coefficient (Wildman–Crippen LogP) is 2.72. The van der Waals surface area contributed by atoms with Crippen LogP contribution in [0, 0.1) is 0 Å². The Bertz CT molecular complexity index is 493. The van der Waals surface area contributed by atoms with Gasteiger partial charge in [0.2, 0.25) is 5.91 Å². The number of methoxy groups -OCH3 is 1. The van der Waals surface area contributed by atoms with Gasteiger partial charge in [-0.3, -0.25) is 4.79 Å². The summed E-state index contributed by atoms with van der Waals surface area (Å²) in [7, 11) is 1.36. The lowest BCUT2D eigenvalue weighted by Crippen LogP contribution is -2.36. The minimum atomic E-state index is -0.349. The molecule has 0 atom stereocenters. The molecule has 0 radical (unpaired) electrons. The molecule has 1 fully saturated rings. The molecule has 0 bridgehead atoms. The molecule has 5 heteroatoms. The molecule has 0 spiro atoms. The van der Waals surface area contributed by atoms with E-state index in [-0.39, 0.29) is 11.9 Å². The van der Waals surface area contributed by atoms with Gasteiger partial charge in [0.05, 0.1) is 12.7 Å². The molecule has 2 N–H and O–H groups in total. The van der Waals surface area contributed by atoms with Crippen LogP contribution < -0.4 is 10.6 Å². The fourth-order valence-electron chi connectivity index (χ4n) is 2.71. The third kappa shape index (κ3) is 5.06. The Hall–Kier alpha value is -2.04. The zero-order chi connectivity index (χ0) is 15.8. The van der Waals surface area contributed by atoms with Crippen LogP contribution in [0.4, 0.5) is 5.69 Å². The van der Waals surface area contributed by atoms with Crippen molar-refractivity contribution in [2.24, 2.45) is 0 Å². The van der Waals surface area contributed by atoms with Crippen LogP contribution in [-0.4, -0.2) is 31.6 Å². The summed E-state index contributed by atoms with van der Waals surface area (Å²) in [5, 5.41) is 6.28. The van der Waals surface area contributed by atoms with E-state index in [2.05, 4.69) is 15.4 Å². The molecule has 0 aliphatic heterocycles. The summed E-state index contributed by atoms with van der Waals surface area (Å²) in [6, 6.07) is 7.39. The Labute approximate surface area is 131 Å². The quantitative estimate of drug-likeness (QED) is 0.793. The van der Waals surface area contributed by atoms with Crippen molar-refractivity contribution in [2.75, 3.05) is 19.0 Å². The van der Waals surface area contributed by atoms with Crippen molar-refractivity contribution in [2.45, 2.75) is 44.6 Å². The van der Waals surface area contributed by atoms with Crippen LogP contribution in [0.3, 0.4) is 0 Å². The SMILES string of the molecule is COC(=O)c1ccc(NCCC(=O)NC2CCCCC2)cc1. The Morgan fingerprint density at radius 2 is 1.82 bits per heavy atom. The van der Waals surface area contributed by atoms with Gasteiger partial charge in [0.1, 0.15) is 0 Å². The van der Waals surface area contributed by atoms with Crippen molar-refractivity contribution >= 4 is 17.6 Å². The van der Waals surface area contributed by atoms with Gasteiger partial charge in [-0.1, -0.05) is 19.3 Å². The van der Waals surface area contributed by atoms with Crippen LogP contribution in [0.1, 0.15) is 48.9 Å². The third-order valence-electron chi connectivity index (χ3n) is 3.96. The van der Waals surface area contributed by atoms with Crippen molar-refractivity contribution in [1.29, 1.82) is 0 Å². The number of carbonyl (C=O) groups is 2. The summed E-state index contributed by atoms with van der Waals surface area (Å²) >= 11 is 0. The Balaban J connectivity index is 1.69. The molecule has 1 aromatic carbocycles. The Kier molecular flexibility index (Phi) is 6.25. The van der Waals surface area contributed by atoms with Gasteiger partial charge >= 0.3 is 5.97 Å². The van der Waals surface area contributed by atoms with E-state index in [9.17, 15) is 9.59 Å². The van der Waals surface area contributed by atoms with Crippen LogP contribution in [0.25, 0.3) is 0 Å². The second-order valence-electron chi connectivity index (χ2n) is 5.65. The lowest BCUT2D eigenvalue weighted by Gasteiger charge is -2.22. The smallest absolute Gasteiger partial charge is 0.337 e. The van der Waals surface area contributed by atoms with E-state index in [1.165, 1.54) is 26.4 Å². The number of carbonyl (C=O) groups excluding carboxylic acids is 2. The second kappa shape index (κ2) is 8.41. The number of anilines is 1. The van der Waals surface area contributed by atoms with Crippen LogP contribution in [0.2, 0.25) is 0 Å². The molecule has 5 nitrogen and oxygen atoms in total. The molecule has 1 amide bonds. The molecule has 0 aromatic heterocycles. The number of hydrogen-bond acceptors (Lipinski definition) is 4. The maximum absolute atomic E-state index is 11.9. The minimum absolute atomic E-state index is 0.102. The van der Waals surface area contributed by atoms with E-state index in [0.29, 0.717) is 24.6 Å². The number of hydrogen-bond donors (Lipinski definition) is 2. The Morgan fingerprint density at radius 1 is 1.14 bits per heavy atom. The average molecular weight is 304 g/mol. The second-order valence-corrected chi connectivity index (χ2v) is 5.65. The molecule has 22 heavy (non-hydrogen) atoms. The summed E-state index contributed by atoms with van der Waals surface area (Å²) in [6.07, 6.45) is 6.39. The monoisotopic (exact) mass is 304 g/mol. The van der Waals surface area contributed by atoms with Crippen molar-refractivity contribution in [1.82, 2.24) is 5.32 Å². The van der Waals surface area contributed by atoms with Gasteiger partial charge in [-0.2, -0.15) is 0 Å². The maximum Gasteiger partial charge on any atom is 0.337 e. The molecular formula is C17H24N2O3. The number of amides is 1. The van der Waals surface area contributed by atoms with Crippen molar-refractivity contribution in [3.8, 4) is 0 Å². The highest BCUT2D eigenvalue weighted by Crippen LogP contribution is 2.17.